The SMILES string of the molecule is O=C(NC(c1cccc(CO)c1)C1CCCCC1)c1cc(C2CC2)on1. The van der Waals surface area contributed by atoms with Crippen molar-refractivity contribution in [2.75, 3.05) is 0 Å². The van der Waals surface area contributed by atoms with E-state index in [1.807, 2.05) is 24.3 Å². The van der Waals surface area contributed by atoms with Crippen LogP contribution >= 0.6 is 0 Å². The van der Waals surface area contributed by atoms with Gasteiger partial charge in [0.15, 0.2) is 5.69 Å². The monoisotopic (exact) mass is 354 g/mol. The topological polar surface area (TPSA) is 75.4 Å². The molecule has 1 aromatic heterocycles. The molecule has 1 aromatic carbocycles. The lowest BCUT2D eigenvalue weighted by Gasteiger charge is -2.31. The number of aromatic nitrogens is 1. The summed E-state index contributed by atoms with van der Waals surface area (Å²) < 4.78 is 5.34. The number of rotatable bonds is 6. The summed E-state index contributed by atoms with van der Waals surface area (Å²) >= 11 is 0. The zero-order valence-electron chi connectivity index (χ0n) is 15.0. The van der Waals surface area contributed by atoms with Gasteiger partial charge in [0.05, 0.1) is 12.6 Å². The fourth-order valence-electron chi connectivity index (χ4n) is 4.00. The van der Waals surface area contributed by atoms with Crippen molar-refractivity contribution in [3.05, 3.63) is 52.9 Å². The molecule has 2 saturated carbocycles. The van der Waals surface area contributed by atoms with Gasteiger partial charge in [0, 0.05) is 12.0 Å². The van der Waals surface area contributed by atoms with Gasteiger partial charge < -0.3 is 14.9 Å². The lowest BCUT2D eigenvalue weighted by Crippen LogP contribution is -2.34. The number of carbonyl (C=O) groups is 1. The van der Waals surface area contributed by atoms with Crippen LogP contribution in [0.15, 0.2) is 34.9 Å². The quantitative estimate of drug-likeness (QED) is 0.819. The van der Waals surface area contributed by atoms with E-state index in [-0.39, 0.29) is 18.6 Å². The molecule has 2 fully saturated rings. The molecular weight excluding hydrogens is 328 g/mol. The molecular formula is C21H26N2O3. The maximum Gasteiger partial charge on any atom is 0.273 e. The molecule has 4 rings (SSSR count). The Morgan fingerprint density at radius 2 is 2.00 bits per heavy atom. The molecule has 26 heavy (non-hydrogen) atoms. The molecule has 2 aromatic rings. The summed E-state index contributed by atoms with van der Waals surface area (Å²) in [6.07, 6.45) is 8.13. The molecule has 5 nitrogen and oxygen atoms in total. The first-order valence-electron chi connectivity index (χ1n) is 9.72. The summed E-state index contributed by atoms with van der Waals surface area (Å²) in [4.78, 5) is 12.8. The second-order valence-corrected chi connectivity index (χ2v) is 7.64. The molecule has 0 saturated heterocycles. The van der Waals surface area contributed by atoms with E-state index in [4.69, 9.17) is 4.52 Å². The number of aliphatic hydroxyl groups excluding tert-OH is 1. The fraction of sp³-hybridized carbons (Fsp3) is 0.524. The van der Waals surface area contributed by atoms with E-state index in [0.717, 1.165) is 42.6 Å². The first-order chi connectivity index (χ1) is 12.7. The van der Waals surface area contributed by atoms with Gasteiger partial charge in [-0.2, -0.15) is 0 Å². The van der Waals surface area contributed by atoms with Gasteiger partial charge >= 0.3 is 0 Å². The highest BCUT2D eigenvalue weighted by Crippen LogP contribution is 2.40. The van der Waals surface area contributed by atoms with E-state index in [0.29, 0.717) is 17.5 Å². The molecule has 2 N–H and O–H groups in total. The van der Waals surface area contributed by atoms with Crippen LogP contribution < -0.4 is 5.32 Å². The lowest BCUT2D eigenvalue weighted by molar-refractivity contribution is 0.0903. The first kappa shape index (κ1) is 17.3. The maximum atomic E-state index is 12.8. The molecule has 0 spiro atoms. The number of hydrogen-bond acceptors (Lipinski definition) is 4. The Balaban J connectivity index is 1.55. The third-order valence-electron chi connectivity index (χ3n) is 5.64. The minimum atomic E-state index is -0.175. The van der Waals surface area contributed by atoms with E-state index < -0.39 is 0 Å². The molecule has 5 heteroatoms. The molecule has 0 bridgehead atoms. The van der Waals surface area contributed by atoms with Crippen LogP contribution in [0, 0.1) is 5.92 Å². The highest BCUT2D eigenvalue weighted by atomic mass is 16.5. The summed E-state index contributed by atoms with van der Waals surface area (Å²) in [6.45, 7) is 0.00715. The highest BCUT2D eigenvalue weighted by molar-refractivity contribution is 5.92. The summed E-state index contributed by atoms with van der Waals surface area (Å²) in [5, 5.41) is 16.6. The zero-order chi connectivity index (χ0) is 17.9. The number of nitrogens with one attached hydrogen (secondary N) is 1. The number of benzene rings is 1. The number of carbonyl (C=O) groups excluding carboxylic acids is 1. The van der Waals surface area contributed by atoms with Gasteiger partial charge in [-0.25, -0.2) is 0 Å². The second kappa shape index (κ2) is 7.62. The van der Waals surface area contributed by atoms with Gasteiger partial charge in [0.1, 0.15) is 5.76 Å². The molecule has 0 radical (unpaired) electrons. The average molecular weight is 354 g/mol. The van der Waals surface area contributed by atoms with Crippen molar-refractivity contribution in [3.63, 3.8) is 0 Å². The number of amides is 1. The Kier molecular flexibility index (Phi) is 5.07. The Bertz CT molecular complexity index is 760. The number of nitrogens with zero attached hydrogens (tertiary/aromatic N) is 1. The molecule has 1 amide bonds. The Labute approximate surface area is 153 Å². The van der Waals surface area contributed by atoms with E-state index in [2.05, 4.69) is 10.5 Å². The lowest BCUT2D eigenvalue weighted by atomic mass is 9.80. The summed E-state index contributed by atoms with van der Waals surface area (Å²) in [6, 6.07) is 9.62. The molecule has 138 valence electrons. The van der Waals surface area contributed by atoms with Crippen LogP contribution in [0.2, 0.25) is 0 Å². The van der Waals surface area contributed by atoms with Gasteiger partial charge in [-0.05, 0) is 42.7 Å². The smallest absolute Gasteiger partial charge is 0.273 e. The van der Waals surface area contributed by atoms with Crippen molar-refractivity contribution in [1.82, 2.24) is 10.5 Å². The first-order valence-corrected chi connectivity index (χ1v) is 9.72. The van der Waals surface area contributed by atoms with E-state index in [1.54, 1.807) is 6.07 Å². The number of hydrogen-bond donors (Lipinski definition) is 2. The minimum Gasteiger partial charge on any atom is -0.392 e. The third-order valence-corrected chi connectivity index (χ3v) is 5.64. The van der Waals surface area contributed by atoms with Crippen LogP contribution in [0.4, 0.5) is 0 Å². The Morgan fingerprint density at radius 1 is 1.19 bits per heavy atom. The van der Waals surface area contributed by atoms with Crippen molar-refractivity contribution < 1.29 is 14.4 Å². The highest BCUT2D eigenvalue weighted by Gasteiger charge is 2.31. The normalized spacial score (nSPS) is 19.3. The molecule has 1 heterocycles. The Morgan fingerprint density at radius 3 is 2.73 bits per heavy atom. The van der Waals surface area contributed by atoms with Crippen molar-refractivity contribution >= 4 is 5.91 Å². The van der Waals surface area contributed by atoms with E-state index in [9.17, 15) is 9.90 Å². The van der Waals surface area contributed by atoms with Crippen LogP contribution in [0.5, 0.6) is 0 Å². The molecule has 2 aliphatic carbocycles. The predicted octanol–water partition coefficient (Wildman–Crippen LogP) is 4.10. The van der Waals surface area contributed by atoms with Crippen LogP contribution in [-0.2, 0) is 6.61 Å². The van der Waals surface area contributed by atoms with Gasteiger partial charge in [0.25, 0.3) is 5.91 Å². The standard InChI is InChI=1S/C21H26N2O3/c24-13-14-5-4-8-17(11-14)20(16-6-2-1-3-7-16)22-21(25)18-12-19(26-23-18)15-9-10-15/h4-5,8,11-12,15-16,20,24H,1-3,6-7,9-10,13H2,(H,22,25). The number of aliphatic hydroxyl groups is 1. The fourth-order valence-corrected chi connectivity index (χ4v) is 4.00. The van der Waals surface area contributed by atoms with Gasteiger partial charge in [-0.3, -0.25) is 4.79 Å². The zero-order valence-corrected chi connectivity index (χ0v) is 15.0. The van der Waals surface area contributed by atoms with E-state index >= 15 is 0 Å². The predicted molar refractivity (Wildman–Crippen MR) is 97.6 cm³/mol. The van der Waals surface area contributed by atoms with E-state index in [1.165, 1.54) is 19.3 Å². The van der Waals surface area contributed by atoms with Crippen LogP contribution in [0.1, 0.15) is 84.3 Å². The third kappa shape index (κ3) is 3.83. The van der Waals surface area contributed by atoms with Gasteiger partial charge in [0.2, 0.25) is 0 Å². The minimum absolute atomic E-state index is 0.00715. The molecule has 1 atom stereocenters. The summed E-state index contributed by atoms with van der Waals surface area (Å²) in [5.74, 6) is 1.51. The second-order valence-electron chi connectivity index (χ2n) is 7.64. The van der Waals surface area contributed by atoms with Gasteiger partial charge in [-0.1, -0.05) is 48.7 Å². The Hall–Kier alpha value is -2.14. The molecule has 2 aliphatic rings. The summed E-state index contributed by atoms with van der Waals surface area (Å²) in [7, 11) is 0. The summed E-state index contributed by atoms with van der Waals surface area (Å²) in [5.41, 5.74) is 2.30. The molecule has 1 unspecified atom stereocenters. The maximum absolute atomic E-state index is 12.8. The van der Waals surface area contributed by atoms with Crippen molar-refractivity contribution in [1.29, 1.82) is 0 Å². The van der Waals surface area contributed by atoms with Crippen LogP contribution in [-0.4, -0.2) is 16.2 Å². The average Bonchev–Trinajstić information content (AvgIpc) is 3.43. The van der Waals surface area contributed by atoms with Crippen LogP contribution in [0.25, 0.3) is 0 Å². The molecule has 0 aliphatic heterocycles. The van der Waals surface area contributed by atoms with Crippen molar-refractivity contribution in [2.45, 2.75) is 63.5 Å². The van der Waals surface area contributed by atoms with Crippen LogP contribution in [0.3, 0.4) is 0 Å². The van der Waals surface area contributed by atoms with Crippen molar-refractivity contribution in [3.8, 4) is 0 Å². The van der Waals surface area contributed by atoms with Crippen molar-refractivity contribution in [2.24, 2.45) is 5.92 Å². The largest absolute Gasteiger partial charge is 0.392 e. The van der Waals surface area contributed by atoms with Gasteiger partial charge in [-0.15, -0.1) is 0 Å².